The SMILES string of the molecule is COC(=O)c1ccc(N=NN2CCN(CCc3ccccc3)CC2)cc1. The van der Waals surface area contributed by atoms with E-state index in [0.717, 1.165) is 44.8 Å². The number of ether oxygens (including phenoxy) is 1. The van der Waals surface area contributed by atoms with Crippen molar-refractivity contribution < 1.29 is 9.53 Å². The van der Waals surface area contributed by atoms with E-state index in [9.17, 15) is 4.79 Å². The highest BCUT2D eigenvalue weighted by atomic mass is 16.5. The minimum absolute atomic E-state index is 0.347. The number of carbonyl (C=O) groups excluding carboxylic acids is 1. The summed E-state index contributed by atoms with van der Waals surface area (Å²) in [5.74, 6) is -0.347. The zero-order valence-electron chi connectivity index (χ0n) is 15.0. The van der Waals surface area contributed by atoms with Gasteiger partial charge in [-0.15, -0.1) is 5.11 Å². The standard InChI is InChI=1S/C20H24N4O2/c1-26-20(25)18-7-9-19(10-8-18)21-22-24-15-13-23(14-16-24)12-11-17-5-3-2-4-6-17/h2-10H,11-16H2,1H3. The van der Waals surface area contributed by atoms with E-state index in [2.05, 4.69) is 50.3 Å². The molecule has 0 bridgehead atoms. The molecule has 1 aliphatic rings. The van der Waals surface area contributed by atoms with Crippen molar-refractivity contribution >= 4 is 11.7 Å². The summed E-state index contributed by atoms with van der Waals surface area (Å²) >= 11 is 0. The molecule has 6 nitrogen and oxygen atoms in total. The molecule has 0 atom stereocenters. The zero-order chi connectivity index (χ0) is 18.2. The van der Waals surface area contributed by atoms with E-state index in [1.165, 1.54) is 12.7 Å². The van der Waals surface area contributed by atoms with E-state index < -0.39 is 0 Å². The molecule has 136 valence electrons. The van der Waals surface area contributed by atoms with E-state index in [0.29, 0.717) is 5.56 Å². The van der Waals surface area contributed by atoms with Gasteiger partial charge in [0.1, 0.15) is 0 Å². The second-order valence-electron chi connectivity index (χ2n) is 6.26. The van der Waals surface area contributed by atoms with Gasteiger partial charge in [-0.1, -0.05) is 35.6 Å². The molecular formula is C20H24N4O2. The van der Waals surface area contributed by atoms with Crippen LogP contribution in [0.25, 0.3) is 0 Å². The van der Waals surface area contributed by atoms with Crippen LogP contribution in [-0.4, -0.2) is 55.7 Å². The van der Waals surface area contributed by atoms with Gasteiger partial charge in [0, 0.05) is 19.6 Å². The van der Waals surface area contributed by atoms with Crippen LogP contribution in [0.4, 0.5) is 5.69 Å². The summed E-state index contributed by atoms with van der Waals surface area (Å²) < 4.78 is 4.68. The number of benzene rings is 2. The smallest absolute Gasteiger partial charge is 0.337 e. The van der Waals surface area contributed by atoms with E-state index in [-0.39, 0.29) is 5.97 Å². The number of esters is 1. The van der Waals surface area contributed by atoms with E-state index in [1.807, 2.05) is 5.01 Å². The van der Waals surface area contributed by atoms with Gasteiger partial charge in [-0.05, 0) is 36.2 Å². The van der Waals surface area contributed by atoms with Gasteiger partial charge >= 0.3 is 5.97 Å². The maximum absolute atomic E-state index is 11.4. The van der Waals surface area contributed by atoms with Gasteiger partial charge in [0.15, 0.2) is 0 Å². The van der Waals surface area contributed by atoms with Crippen LogP contribution in [-0.2, 0) is 11.2 Å². The molecule has 0 amide bonds. The molecule has 0 radical (unpaired) electrons. The molecule has 1 aliphatic heterocycles. The second-order valence-corrected chi connectivity index (χ2v) is 6.26. The summed E-state index contributed by atoms with van der Waals surface area (Å²) in [6, 6.07) is 17.5. The van der Waals surface area contributed by atoms with Crippen molar-refractivity contribution in [3.63, 3.8) is 0 Å². The van der Waals surface area contributed by atoms with Gasteiger partial charge in [0.25, 0.3) is 0 Å². The van der Waals surface area contributed by atoms with Gasteiger partial charge in [0.2, 0.25) is 0 Å². The molecule has 2 aromatic carbocycles. The van der Waals surface area contributed by atoms with Gasteiger partial charge in [0.05, 0.1) is 31.5 Å². The lowest BCUT2D eigenvalue weighted by molar-refractivity contribution is 0.0601. The fourth-order valence-corrected chi connectivity index (χ4v) is 2.88. The highest BCUT2D eigenvalue weighted by molar-refractivity contribution is 5.89. The van der Waals surface area contributed by atoms with Crippen molar-refractivity contribution in [3.05, 3.63) is 65.7 Å². The van der Waals surface area contributed by atoms with Crippen molar-refractivity contribution in [2.45, 2.75) is 6.42 Å². The Morgan fingerprint density at radius 1 is 1.00 bits per heavy atom. The highest BCUT2D eigenvalue weighted by Crippen LogP contribution is 2.15. The lowest BCUT2D eigenvalue weighted by atomic mass is 10.1. The quantitative estimate of drug-likeness (QED) is 0.591. The Morgan fingerprint density at radius 3 is 2.35 bits per heavy atom. The highest BCUT2D eigenvalue weighted by Gasteiger charge is 2.15. The number of rotatable bonds is 6. The third kappa shape index (κ3) is 5.13. The topological polar surface area (TPSA) is 57.5 Å². The average Bonchev–Trinajstić information content (AvgIpc) is 2.72. The molecule has 0 aromatic heterocycles. The van der Waals surface area contributed by atoms with E-state index >= 15 is 0 Å². The minimum atomic E-state index is -0.347. The first-order chi connectivity index (χ1) is 12.7. The van der Waals surface area contributed by atoms with Crippen molar-refractivity contribution in [2.24, 2.45) is 10.3 Å². The van der Waals surface area contributed by atoms with Crippen LogP contribution in [0.3, 0.4) is 0 Å². The molecule has 26 heavy (non-hydrogen) atoms. The van der Waals surface area contributed by atoms with Crippen LogP contribution in [0.15, 0.2) is 64.9 Å². The fraction of sp³-hybridized carbons (Fsp3) is 0.350. The zero-order valence-corrected chi connectivity index (χ0v) is 15.0. The molecule has 2 aromatic rings. The van der Waals surface area contributed by atoms with Gasteiger partial charge in [-0.25, -0.2) is 4.79 Å². The van der Waals surface area contributed by atoms with Crippen LogP contribution in [0.1, 0.15) is 15.9 Å². The predicted octanol–water partition coefficient (Wildman–Crippen LogP) is 3.33. The minimum Gasteiger partial charge on any atom is -0.465 e. The van der Waals surface area contributed by atoms with Crippen LogP contribution >= 0.6 is 0 Å². The Balaban J connectivity index is 1.43. The average molecular weight is 352 g/mol. The predicted molar refractivity (Wildman–Crippen MR) is 100 cm³/mol. The third-order valence-electron chi connectivity index (χ3n) is 4.48. The maximum atomic E-state index is 11.4. The first-order valence-electron chi connectivity index (χ1n) is 8.86. The molecule has 1 saturated heterocycles. The molecule has 1 fully saturated rings. The van der Waals surface area contributed by atoms with Crippen molar-refractivity contribution in [1.29, 1.82) is 0 Å². The van der Waals surface area contributed by atoms with E-state index in [1.54, 1.807) is 24.3 Å². The lowest BCUT2D eigenvalue weighted by Crippen LogP contribution is -2.44. The molecule has 6 heteroatoms. The molecule has 0 aliphatic carbocycles. The summed E-state index contributed by atoms with van der Waals surface area (Å²) in [6.07, 6.45) is 1.08. The van der Waals surface area contributed by atoms with Crippen molar-refractivity contribution in [1.82, 2.24) is 9.91 Å². The molecule has 0 saturated carbocycles. The number of methoxy groups -OCH3 is 1. The Labute approximate surface area is 154 Å². The second kappa shape index (κ2) is 9.10. The van der Waals surface area contributed by atoms with Crippen molar-refractivity contribution in [3.8, 4) is 0 Å². The molecular weight excluding hydrogens is 328 g/mol. The van der Waals surface area contributed by atoms with Gasteiger partial charge in [-0.2, -0.15) is 0 Å². The summed E-state index contributed by atoms with van der Waals surface area (Å²) in [5.41, 5.74) is 2.62. The van der Waals surface area contributed by atoms with E-state index in [4.69, 9.17) is 0 Å². The number of piperazine rings is 1. The first-order valence-corrected chi connectivity index (χ1v) is 8.86. The van der Waals surface area contributed by atoms with Crippen LogP contribution in [0.2, 0.25) is 0 Å². The normalized spacial score (nSPS) is 15.3. The third-order valence-corrected chi connectivity index (χ3v) is 4.48. The molecule has 0 spiro atoms. The maximum Gasteiger partial charge on any atom is 0.337 e. The number of hydrogen-bond donors (Lipinski definition) is 0. The van der Waals surface area contributed by atoms with Crippen LogP contribution in [0, 0.1) is 0 Å². The summed E-state index contributed by atoms with van der Waals surface area (Å²) in [4.78, 5) is 13.9. The molecule has 1 heterocycles. The van der Waals surface area contributed by atoms with Gasteiger partial charge < -0.3 is 4.74 Å². The largest absolute Gasteiger partial charge is 0.465 e. The van der Waals surface area contributed by atoms with Crippen molar-refractivity contribution in [2.75, 3.05) is 39.8 Å². The van der Waals surface area contributed by atoms with Crippen LogP contribution in [0.5, 0.6) is 0 Å². The Kier molecular flexibility index (Phi) is 6.33. The Bertz CT molecular complexity index is 723. The first kappa shape index (κ1) is 18.1. The molecule has 3 rings (SSSR count). The van der Waals surface area contributed by atoms with Gasteiger partial charge in [-0.3, -0.25) is 9.91 Å². The Hall–Kier alpha value is -2.73. The molecule has 0 N–H and O–H groups in total. The number of carbonyl (C=O) groups is 1. The number of hydrogen-bond acceptors (Lipinski definition) is 5. The Morgan fingerprint density at radius 2 is 1.69 bits per heavy atom. The summed E-state index contributed by atoms with van der Waals surface area (Å²) in [6.45, 7) is 4.81. The number of nitrogens with zero attached hydrogens (tertiary/aromatic N) is 4. The lowest BCUT2D eigenvalue weighted by Gasteiger charge is -2.32. The molecule has 0 unspecified atom stereocenters. The summed E-state index contributed by atoms with van der Waals surface area (Å²) in [5, 5.41) is 10.6. The monoisotopic (exact) mass is 352 g/mol. The van der Waals surface area contributed by atoms with Crippen LogP contribution < -0.4 is 0 Å². The summed E-state index contributed by atoms with van der Waals surface area (Å²) in [7, 11) is 1.37. The fourth-order valence-electron chi connectivity index (χ4n) is 2.88.